The molecule has 0 aliphatic rings. The Morgan fingerprint density at radius 2 is 2.24 bits per heavy atom. The van der Waals surface area contributed by atoms with Crippen molar-refractivity contribution in [2.75, 3.05) is 11.9 Å². The molecule has 0 aromatic carbocycles. The SMILES string of the molecule is N#Cc1ccnc(NCCc2cccnc2)n1. The smallest absolute Gasteiger partial charge is 0.223 e. The predicted octanol–water partition coefficient (Wildman–Crippen LogP) is 1.40. The average Bonchev–Trinajstić information content (AvgIpc) is 2.40. The van der Waals surface area contributed by atoms with Crippen molar-refractivity contribution >= 4 is 5.95 Å². The summed E-state index contributed by atoms with van der Waals surface area (Å²) >= 11 is 0. The molecule has 0 fully saturated rings. The molecule has 2 rings (SSSR count). The van der Waals surface area contributed by atoms with E-state index in [1.807, 2.05) is 24.4 Å². The van der Waals surface area contributed by atoms with Crippen molar-refractivity contribution in [3.05, 3.63) is 48.0 Å². The van der Waals surface area contributed by atoms with E-state index in [4.69, 9.17) is 5.26 Å². The lowest BCUT2D eigenvalue weighted by Gasteiger charge is -2.04. The maximum Gasteiger partial charge on any atom is 0.223 e. The summed E-state index contributed by atoms with van der Waals surface area (Å²) in [6.45, 7) is 0.709. The molecule has 0 bridgehead atoms. The largest absolute Gasteiger partial charge is 0.354 e. The van der Waals surface area contributed by atoms with E-state index in [9.17, 15) is 0 Å². The molecule has 0 saturated heterocycles. The second kappa shape index (κ2) is 5.56. The summed E-state index contributed by atoms with van der Waals surface area (Å²) in [5.41, 5.74) is 1.51. The molecule has 17 heavy (non-hydrogen) atoms. The molecule has 84 valence electrons. The number of rotatable bonds is 4. The highest BCUT2D eigenvalue weighted by atomic mass is 15.1. The van der Waals surface area contributed by atoms with Gasteiger partial charge in [-0.15, -0.1) is 0 Å². The van der Waals surface area contributed by atoms with Gasteiger partial charge in [0, 0.05) is 25.1 Å². The lowest BCUT2D eigenvalue weighted by molar-refractivity contribution is 0.971. The maximum atomic E-state index is 8.69. The van der Waals surface area contributed by atoms with Crippen LogP contribution in [-0.2, 0) is 6.42 Å². The quantitative estimate of drug-likeness (QED) is 0.851. The van der Waals surface area contributed by atoms with Gasteiger partial charge in [0.05, 0.1) is 0 Å². The van der Waals surface area contributed by atoms with E-state index in [1.54, 1.807) is 18.5 Å². The summed E-state index contributed by atoms with van der Waals surface area (Å²) in [6.07, 6.45) is 5.98. The minimum Gasteiger partial charge on any atom is -0.354 e. The minimum absolute atomic E-state index is 0.365. The van der Waals surface area contributed by atoms with Crippen LogP contribution in [0.25, 0.3) is 0 Å². The van der Waals surface area contributed by atoms with Crippen molar-refractivity contribution in [2.45, 2.75) is 6.42 Å². The third-order valence-electron chi connectivity index (χ3n) is 2.19. The molecule has 5 heteroatoms. The molecular formula is C12H11N5. The van der Waals surface area contributed by atoms with E-state index >= 15 is 0 Å². The van der Waals surface area contributed by atoms with Crippen molar-refractivity contribution in [1.29, 1.82) is 5.26 Å². The van der Waals surface area contributed by atoms with Crippen molar-refractivity contribution in [2.24, 2.45) is 0 Å². The third kappa shape index (κ3) is 3.24. The lowest BCUT2D eigenvalue weighted by Crippen LogP contribution is -2.08. The van der Waals surface area contributed by atoms with Gasteiger partial charge in [-0.3, -0.25) is 4.98 Å². The Balaban J connectivity index is 1.88. The van der Waals surface area contributed by atoms with Gasteiger partial charge in [0.2, 0.25) is 5.95 Å². The standard InChI is InChI=1S/C12H11N5/c13-8-11-4-7-16-12(17-11)15-6-3-10-2-1-5-14-9-10/h1-2,4-5,7,9H,3,6H2,(H,15,16,17). The number of hydrogen-bond donors (Lipinski definition) is 1. The van der Waals surface area contributed by atoms with Gasteiger partial charge >= 0.3 is 0 Å². The predicted molar refractivity (Wildman–Crippen MR) is 63.2 cm³/mol. The van der Waals surface area contributed by atoms with Crippen LogP contribution in [0.2, 0.25) is 0 Å². The summed E-state index contributed by atoms with van der Waals surface area (Å²) in [7, 11) is 0. The molecule has 0 spiro atoms. The fourth-order valence-corrected chi connectivity index (χ4v) is 1.37. The van der Waals surface area contributed by atoms with Gasteiger partial charge in [-0.1, -0.05) is 6.07 Å². The first-order chi connectivity index (χ1) is 8.38. The number of nitrogens with zero attached hydrogens (tertiary/aromatic N) is 4. The molecule has 1 N–H and O–H groups in total. The molecule has 0 amide bonds. The van der Waals surface area contributed by atoms with E-state index in [2.05, 4.69) is 20.3 Å². The van der Waals surface area contributed by atoms with Crippen LogP contribution in [-0.4, -0.2) is 21.5 Å². The Morgan fingerprint density at radius 1 is 1.29 bits per heavy atom. The van der Waals surface area contributed by atoms with E-state index < -0.39 is 0 Å². The summed E-state index contributed by atoms with van der Waals surface area (Å²) in [5.74, 6) is 0.480. The third-order valence-corrected chi connectivity index (χ3v) is 2.19. The Hall–Kier alpha value is -2.48. The van der Waals surface area contributed by atoms with Crippen molar-refractivity contribution in [3.63, 3.8) is 0 Å². The summed E-state index contributed by atoms with van der Waals surface area (Å²) in [5, 5.41) is 11.8. The molecule has 2 heterocycles. The van der Waals surface area contributed by atoms with Crippen LogP contribution in [0.3, 0.4) is 0 Å². The summed E-state index contributed by atoms with van der Waals surface area (Å²) in [4.78, 5) is 12.1. The highest BCUT2D eigenvalue weighted by Gasteiger charge is 1.98. The number of hydrogen-bond acceptors (Lipinski definition) is 5. The zero-order valence-corrected chi connectivity index (χ0v) is 9.17. The first kappa shape index (κ1) is 11.0. The fraction of sp³-hybridized carbons (Fsp3) is 0.167. The second-order valence-corrected chi connectivity index (χ2v) is 3.42. The van der Waals surface area contributed by atoms with Gasteiger partial charge in [-0.25, -0.2) is 9.97 Å². The van der Waals surface area contributed by atoms with Crippen LogP contribution in [0.1, 0.15) is 11.3 Å². The zero-order valence-electron chi connectivity index (χ0n) is 9.17. The fourth-order valence-electron chi connectivity index (χ4n) is 1.37. The van der Waals surface area contributed by atoms with Crippen LogP contribution < -0.4 is 5.32 Å². The van der Waals surface area contributed by atoms with E-state index in [1.165, 1.54) is 0 Å². The van der Waals surface area contributed by atoms with Gasteiger partial charge in [-0.05, 0) is 24.1 Å². The number of nitriles is 1. The van der Waals surface area contributed by atoms with Crippen LogP contribution in [0.5, 0.6) is 0 Å². The number of nitrogens with one attached hydrogen (secondary N) is 1. The Labute approximate surface area is 99.2 Å². The molecule has 2 aromatic heterocycles. The van der Waals surface area contributed by atoms with E-state index in [-0.39, 0.29) is 0 Å². The lowest BCUT2D eigenvalue weighted by atomic mass is 10.2. The Morgan fingerprint density at radius 3 is 3.00 bits per heavy atom. The van der Waals surface area contributed by atoms with Crippen molar-refractivity contribution in [1.82, 2.24) is 15.0 Å². The van der Waals surface area contributed by atoms with Crippen LogP contribution in [0.4, 0.5) is 5.95 Å². The van der Waals surface area contributed by atoms with Crippen LogP contribution >= 0.6 is 0 Å². The first-order valence-electron chi connectivity index (χ1n) is 5.24. The second-order valence-electron chi connectivity index (χ2n) is 3.42. The molecule has 0 saturated carbocycles. The van der Waals surface area contributed by atoms with Crippen molar-refractivity contribution in [3.8, 4) is 6.07 Å². The normalized spacial score (nSPS) is 9.59. The van der Waals surface area contributed by atoms with Gasteiger partial charge in [-0.2, -0.15) is 5.26 Å². The topological polar surface area (TPSA) is 74.5 Å². The summed E-state index contributed by atoms with van der Waals surface area (Å²) < 4.78 is 0. The van der Waals surface area contributed by atoms with Crippen LogP contribution in [0, 0.1) is 11.3 Å². The van der Waals surface area contributed by atoms with Gasteiger partial charge in [0.1, 0.15) is 11.8 Å². The minimum atomic E-state index is 0.365. The van der Waals surface area contributed by atoms with Crippen LogP contribution in [0.15, 0.2) is 36.8 Å². The molecule has 0 atom stereocenters. The molecule has 0 aliphatic carbocycles. The molecule has 5 nitrogen and oxygen atoms in total. The van der Waals surface area contributed by atoms with Gasteiger partial charge in [0.15, 0.2) is 0 Å². The molecule has 2 aromatic rings. The van der Waals surface area contributed by atoms with E-state index in [0.717, 1.165) is 12.0 Å². The molecule has 0 radical (unpaired) electrons. The van der Waals surface area contributed by atoms with Gasteiger partial charge in [0.25, 0.3) is 0 Å². The highest BCUT2D eigenvalue weighted by Crippen LogP contribution is 2.01. The highest BCUT2D eigenvalue weighted by molar-refractivity contribution is 5.30. The zero-order chi connectivity index (χ0) is 11.9. The average molecular weight is 225 g/mol. The number of pyridine rings is 1. The number of anilines is 1. The Bertz CT molecular complexity index is 518. The monoisotopic (exact) mass is 225 g/mol. The number of aromatic nitrogens is 3. The Kier molecular flexibility index (Phi) is 3.61. The molecule has 0 aliphatic heterocycles. The first-order valence-corrected chi connectivity index (χ1v) is 5.24. The molecular weight excluding hydrogens is 214 g/mol. The van der Waals surface area contributed by atoms with Gasteiger partial charge < -0.3 is 5.32 Å². The molecule has 0 unspecified atom stereocenters. The maximum absolute atomic E-state index is 8.69. The summed E-state index contributed by atoms with van der Waals surface area (Å²) in [6, 6.07) is 7.47. The van der Waals surface area contributed by atoms with E-state index in [0.29, 0.717) is 18.2 Å². The van der Waals surface area contributed by atoms with Crippen molar-refractivity contribution < 1.29 is 0 Å².